The van der Waals surface area contributed by atoms with Gasteiger partial charge in [0.1, 0.15) is 9.97 Å². The van der Waals surface area contributed by atoms with Gasteiger partial charge in [-0.1, -0.05) is 106 Å². The van der Waals surface area contributed by atoms with Crippen molar-refractivity contribution in [2.45, 2.75) is 92.3 Å². The first-order valence-electron chi connectivity index (χ1n) is 21.5. The summed E-state index contributed by atoms with van der Waals surface area (Å²) in [6.45, 7) is 15.7. The Bertz CT molecular complexity index is 3440. The molecule has 9 rings (SSSR count). The standard InChI is InChI=1S/C21H23NO2S.C16H15NO3S.C16H15NO2S2/c1-15-8-9-16-6-5-7-17(20(16)22-15)14-25(23,24)19-12-10-18(11-13-19)21(2,3)4;1-11-6-8-13-4-3-5-14(16(13)17-11)10-21(18,19)15-9-7-12(2)20-15;1-11-8-15(20-9-11)21(18,19)10-14-5-3-4-13-7-6-12(2)17-16(13)14/h5-13H,14H2,1-4H3;2*3-9H,10H2,1-2H3. The zero-order valence-corrected chi connectivity index (χ0v) is 42.0. The molecular weight excluding hydrogens is 919 g/mol. The number of sulfone groups is 3. The number of pyridine rings is 3. The van der Waals surface area contributed by atoms with Crippen molar-refractivity contribution in [3.63, 3.8) is 0 Å². The molecule has 5 aromatic heterocycles. The smallest absolute Gasteiger partial charge is 0.218 e. The number of benzene rings is 4. The molecule has 346 valence electrons. The summed E-state index contributed by atoms with van der Waals surface area (Å²) in [4.78, 5) is 13.8. The molecule has 0 radical (unpaired) electrons. The van der Waals surface area contributed by atoms with Gasteiger partial charge in [0.25, 0.3) is 0 Å². The van der Waals surface area contributed by atoms with E-state index in [1.807, 2.05) is 130 Å². The van der Waals surface area contributed by atoms with Crippen molar-refractivity contribution < 1.29 is 29.7 Å². The van der Waals surface area contributed by atoms with Crippen LogP contribution in [-0.2, 0) is 52.2 Å². The van der Waals surface area contributed by atoms with Crippen molar-refractivity contribution in [3.05, 3.63) is 189 Å². The van der Waals surface area contributed by atoms with Gasteiger partial charge in [-0.05, 0) is 122 Å². The van der Waals surface area contributed by atoms with Crippen molar-refractivity contribution in [2.24, 2.45) is 0 Å². The van der Waals surface area contributed by atoms with Crippen molar-refractivity contribution in [2.75, 3.05) is 0 Å². The zero-order valence-electron chi connectivity index (χ0n) is 38.7. The predicted molar refractivity (Wildman–Crippen MR) is 270 cm³/mol. The van der Waals surface area contributed by atoms with Gasteiger partial charge >= 0.3 is 0 Å². The highest BCUT2D eigenvalue weighted by Gasteiger charge is 2.23. The van der Waals surface area contributed by atoms with Crippen LogP contribution in [0.4, 0.5) is 0 Å². The van der Waals surface area contributed by atoms with Gasteiger partial charge in [-0.25, -0.2) is 25.3 Å². The number of rotatable bonds is 9. The van der Waals surface area contributed by atoms with Gasteiger partial charge in [0.15, 0.2) is 19.7 Å². The third-order valence-corrected chi connectivity index (χ3v) is 17.5. The highest BCUT2D eigenvalue weighted by Crippen LogP contribution is 2.29. The van der Waals surface area contributed by atoms with Crippen molar-refractivity contribution in [1.29, 1.82) is 0 Å². The number of aromatic nitrogens is 3. The van der Waals surface area contributed by atoms with Crippen LogP contribution in [-0.4, -0.2) is 40.2 Å². The van der Waals surface area contributed by atoms with E-state index in [9.17, 15) is 25.3 Å². The van der Waals surface area contributed by atoms with Crippen LogP contribution < -0.4 is 0 Å². The molecule has 0 spiro atoms. The van der Waals surface area contributed by atoms with Crippen LogP contribution in [0.5, 0.6) is 0 Å². The van der Waals surface area contributed by atoms with Crippen LogP contribution >= 0.6 is 11.3 Å². The number of para-hydroxylation sites is 3. The molecule has 67 heavy (non-hydrogen) atoms. The largest absolute Gasteiger partial charge is 0.450 e. The Hall–Kier alpha value is -6.06. The van der Waals surface area contributed by atoms with E-state index < -0.39 is 29.5 Å². The molecule has 0 unspecified atom stereocenters. The van der Waals surface area contributed by atoms with Crippen LogP contribution in [0.3, 0.4) is 0 Å². The molecule has 9 aromatic rings. The lowest BCUT2D eigenvalue weighted by molar-refractivity contribution is 0.428. The van der Waals surface area contributed by atoms with Gasteiger partial charge in [0.05, 0.1) is 38.7 Å². The van der Waals surface area contributed by atoms with Crippen molar-refractivity contribution >= 4 is 73.6 Å². The fourth-order valence-corrected chi connectivity index (χ4v) is 12.8. The summed E-state index contributed by atoms with van der Waals surface area (Å²) in [6, 6.07) is 40.7. The summed E-state index contributed by atoms with van der Waals surface area (Å²) < 4.78 is 81.3. The normalized spacial score (nSPS) is 12.1. The maximum Gasteiger partial charge on any atom is 0.218 e. The number of nitrogens with zero attached hydrogens (tertiary/aromatic N) is 3. The van der Waals surface area contributed by atoms with Crippen LogP contribution in [0.15, 0.2) is 157 Å². The summed E-state index contributed by atoms with van der Waals surface area (Å²) >= 11 is 1.28. The molecule has 5 heterocycles. The van der Waals surface area contributed by atoms with Crippen LogP contribution in [0.1, 0.15) is 71.4 Å². The predicted octanol–water partition coefficient (Wildman–Crippen LogP) is 12.1. The van der Waals surface area contributed by atoms with Gasteiger partial charge in [0, 0.05) is 33.2 Å². The van der Waals surface area contributed by atoms with Crippen LogP contribution in [0.25, 0.3) is 32.7 Å². The van der Waals surface area contributed by atoms with Crippen molar-refractivity contribution in [3.8, 4) is 0 Å². The van der Waals surface area contributed by atoms with E-state index in [1.165, 1.54) is 17.4 Å². The van der Waals surface area contributed by atoms with E-state index in [0.717, 1.165) is 72.0 Å². The number of fused-ring (bicyclic) bond motifs is 3. The summed E-state index contributed by atoms with van der Waals surface area (Å²) in [5.41, 5.74) is 9.16. The molecule has 0 aliphatic rings. The fraction of sp³-hybridized carbons (Fsp3) is 0.226. The second-order valence-corrected chi connectivity index (χ2v) is 24.7. The highest BCUT2D eigenvalue weighted by atomic mass is 32.2. The van der Waals surface area contributed by atoms with E-state index in [0.29, 0.717) is 20.4 Å². The van der Waals surface area contributed by atoms with Gasteiger partial charge < -0.3 is 4.42 Å². The SMILES string of the molecule is Cc1ccc2cccc(CS(=O)(=O)c3ccc(C(C)(C)C)cc3)c2n1.Cc1ccc2cccc(CS(=O)(=O)c3ccc(C)o3)c2n1.Cc1csc(S(=O)(=O)Cc2cccc3ccc(C)nc23)c1. The lowest BCUT2D eigenvalue weighted by Gasteiger charge is -2.19. The van der Waals surface area contributed by atoms with Gasteiger partial charge in [-0.2, -0.15) is 0 Å². The van der Waals surface area contributed by atoms with Crippen molar-refractivity contribution in [1.82, 2.24) is 15.0 Å². The van der Waals surface area contributed by atoms with E-state index in [4.69, 9.17) is 4.42 Å². The van der Waals surface area contributed by atoms with Crippen LogP contribution in [0, 0.1) is 34.6 Å². The molecular formula is C53H53N3O7S4. The minimum absolute atomic E-state index is 0.000624. The maximum atomic E-state index is 12.9. The summed E-state index contributed by atoms with van der Waals surface area (Å²) in [5, 5.41) is 4.73. The molecule has 4 aromatic carbocycles. The monoisotopic (exact) mass is 971 g/mol. The quantitative estimate of drug-likeness (QED) is 0.136. The zero-order chi connectivity index (χ0) is 48.3. The third kappa shape index (κ3) is 11.9. The minimum Gasteiger partial charge on any atom is -0.450 e. The first-order valence-corrected chi connectivity index (χ1v) is 27.4. The summed E-state index contributed by atoms with van der Waals surface area (Å²) in [6.07, 6.45) is 0. The summed E-state index contributed by atoms with van der Waals surface area (Å²) in [7, 11) is -10.2. The van der Waals surface area contributed by atoms with E-state index >= 15 is 0 Å². The minimum atomic E-state index is -3.50. The topological polar surface area (TPSA) is 154 Å². The first kappa shape index (κ1) is 48.9. The number of hydrogen-bond donors (Lipinski definition) is 0. The Morgan fingerprint density at radius 3 is 1.31 bits per heavy atom. The number of furan rings is 1. The van der Waals surface area contributed by atoms with Gasteiger partial charge in [-0.3, -0.25) is 15.0 Å². The molecule has 0 saturated heterocycles. The molecule has 0 atom stereocenters. The van der Waals surface area contributed by atoms with Gasteiger partial charge in [-0.15, -0.1) is 11.3 Å². The average Bonchev–Trinajstić information content (AvgIpc) is 3.93. The average molecular weight is 972 g/mol. The Balaban J connectivity index is 0.000000150. The highest BCUT2D eigenvalue weighted by molar-refractivity contribution is 7.92. The maximum absolute atomic E-state index is 12.9. The second-order valence-electron chi connectivity index (χ2n) is 17.7. The van der Waals surface area contributed by atoms with E-state index in [2.05, 4.69) is 35.7 Å². The lowest BCUT2D eigenvalue weighted by Crippen LogP contribution is -2.12. The molecule has 0 amide bonds. The number of hydrogen-bond acceptors (Lipinski definition) is 11. The molecule has 0 fully saturated rings. The van der Waals surface area contributed by atoms with Gasteiger partial charge in [0.2, 0.25) is 14.9 Å². The number of aryl methyl sites for hydroxylation is 5. The van der Waals surface area contributed by atoms with Crippen LogP contribution in [0.2, 0.25) is 0 Å². The fourth-order valence-electron chi connectivity index (χ4n) is 7.42. The molecule has 0 N–H and O–H groups in total. The van der Waals surface area contributed by atoms with E-state index in [1.54, 1.807) is 37.3 Å². The molecule has 0 saturated carbocycles. The Labute approximate surface area is 397 Å². The molecule has 10 nitrogen and oxygen atoms in total. The first-order chi connectivity index (χ1) is 31.6. The lowest BCUT2D eigenvalue weighted by atomic mass is 9.87. The Morgan fingerprint density at radius 2 is 0.925 bits per heavy atom. The Kier molecular flexibility index (Phi) is 14.3. The molecule has 14 heteroatoms. The molecule has 0 aliphatic heterocycles. The molecule has 0 bridgehead atoms. The third-order valence-electron chi connectivity index (χ3n) is 11.0. The molecule has 0 aliphatic carbocycles. The summed E-state index contributed by atoms with van der Waals surface area (Å²) in [5.74, 6) is 0.407. The second kappa shape index (κ2) is 19.7. The number of thiophene rings is 1. The van der Waals surface area contributed by atoms with E-state index in [-0.39, 0.29) is 27.8 Å². The Morgan fingerprint density at radius 1 is 0.493 bits per heavy atom.